The largest absolute Gasteiger partial charge is 0.468 e. The van der Waals surface area contributed by atoms with Crippen LogP contribution in [0.4, 0.5) is 0 Å². The predicted molar refractivity (Wildman–Crippen MR) is 65.0 cm³/mol. The maximum absolute atomic E-state index is 11.8. The lowest BCUT2D eigenvalue weighted by Gasteiger charge is -2.40. The number of furan rings is 1. The molecule has 2 rings (SSSR count). The summed E-state index contributed by atoms with van der Waals surface area (Å²) in [7, 11) is 3.37. The van der Waals surface area contributed by atoms with Crippen molar-refractivity contribution in [2.45, 2.75) is 13.5 Å². The van der Waals surface area contributed by atoms with Crippen molar-refractivity contribution < 1.29 is 18.7 Å². The van der Waals surface area contributed by atoms with Crippen LogP contribution in [0.5, 0.6) is 0 Å². The van der Waals surface area contributed by atoms with E-state index in [-0.39, 0.29) is 5.97 Å². The van der Waals surface area contributed by atoms with Gasteiger partial charge in [-0.3, -0.25) is 9.69 Å². The molecule has 0 radical (unpaired) electrons. The molecule has 100 valence electrons. The number of methoxy groups -OCH3 is 1. The van der Waals surface area contributed by atoms with E-state index in [1.165, 1.54) is 7.11 Å². The van der Waals surface area contributed by atoms with Gasteiger partial charge in [0.25, 0.3) is 0 Å². The molecular formula is C13H19NO4. The second-order valence-corrected chi connectivity index (χ2v) is 4.95. The zero-order valence-corrected chi connectivity index (χ0v) is 11.1. The number of ether oxygens (including phenoxy) is 2. The van der Waals surface area contributed by atoms with Gasteiger partial charge < -0.3 is 13.9 Å². The third-order valence-corrected chi connectivity index (χ3v) is 3.17. The molecule has 0 atom stereocenters. The van der Waals surface area contributed by atoms with Crippen molar-refractivity contribution in [1.29, 1.82) is 0 Å². The zero-order valence-electron chi connectivity index (χ0n) is 11.1. The molecule has 5 nitrogen and oxygen atoms in total. The van der Waals surface area contributed by atoms with E-state index in [0.29, 0.717) is 26.3 Å². The van der Waals surface area contributed by atoms with Crippen LogP contribution in [-0.2, 0) is 20.8 Å². The molecule has 1 aromatic heterocycles. The first-order valence-corrected chi connectivity index (χ1v) is 5.96. The van der Waals surface area contributed by atoms with Crippen LogP contribution in [0.15, 0.2) is 16.5 Å². The van der Waals surface area contributed by atoms with Gasteiger partial charge in [-0.2, -0.15) is 0 Å². The molecule has 0 amide bonds. The van der Waals surface area contributed by atoms with Gasteiger partial charge in [0.15, 0.2) is 0 Å². The maximum atomic E-state index is 11.8. The summed E-state index contributed by atoms with van der Waals surface area (Å²) in [5.74, 6) is 1.60. The summed E-state index contributed by atoms with van der Waals surface area (Å²) in [6.45, 7) is 4.06. The van der Waals surface area contributed by atoms with E-state index >= 15 is 0 Å². The number of rotatable bonds is 5. The van der Waals surface area contributed by atoms with Gasteiger partial charge in [-0.1, -0.05) is 0 Å². The fourth-order valence-electron chi connectivity index (χ4n) is 2.25. The van der Waals surface area contributed by atoms with Crippen molar-refractivity contribution in [3.05, 3.63) is 23.7 Å². The van der Waals surface area contributed by atoms with Crippen LogP contribution in [0.2, 0.25) is 0 Å². The number of hydrogen-bond donors (Lipinski definition) is 0. The molecule has 0 spiro atoms. The average molecular weight is 253 g/mol. The van der Waals surface area contributed by atoms with Gasteiger partial charge in [0.2, 0.25) is 0 Å². The molecule has 0 saturated carbocycles. The van der Waals surface area contributed by atoms with Crippen molar-refractivity contribution in [3.63, 3.8) is 0 Å². The molecule has 1 aromatic rings. The Labute approximate surface area is 107 Å². The molecule has 0 bridgehead atoms. The predicted octanol–water partition coefficient (Wildman–Crippen LogP) is 1.21. The number of aryl methyl sites for hydroxylation is 1. The fourth-order valence-corrected chi connectivity index (χ4v) is 2.25. The van der Waals surface area contributed by atoms with Gasteiger partial charge in [0.1, 0.15) is 16.9 Å². The van der Waals surface area contributed by atoms with E-state index in [2.05, 4.69) is 4.90 Å². The van der Waals surface area contributed by atoms with Crippen molar-refractivity contribution in [1.82, 2.24) is 4.90 Å². The van der Waals surface area contributed by atoms with Crippen molar-refractivity contribution in [3.8, 4) is 0 Å². The molecule has 1 saturated heterocycles. The highest BCUT2D eigenvalue weighted by Crippen LogP contribution is 2.30. The van der Waals surface area contributed by atoms with Crippen LogP contribution < -0.4 is 0 Å². The highest BCUT2D eigenvalue weighted by Gasteiger charge is 2.47. The number of carbonyl (C=O) groups is 1. The summed E-state index contributed by atoms with van der Waals surface area (Å²) in [6, 6.07) is 3.89. The lowest BCUT2D eigenvalue weighted by molar-refractivity contribution is -0.186. The number of nitrogens with zero attached hydrogens (tertiary/aromatic N) is 1. The number of esters is 1. The zero-order chi connectivity index (χ0) is 13.2. The topological polar surface area (TPSA) is 51.9 Å². The van der Waals surface area contributed by atoms with Crippen molar-refractivity contribution >= 4 is 5.97 Å². The molecule has 1 aliphatic heterocycles. The molecule has 0 N–H and O–H groups in total. The standard InChI is InChI=1S/C13H19NO4/c1-10-4-5-11(18-10)6-14(2)7-13(8-17-9-13)12(15)16-3/h4-5H,6-9H2,1-3H3. The molecule has 0 unspecified atom stereocenters. The highest BCUT2D eigenvalue weighted by atomic mass is 16.5. The smallest absolute Gasteiger partial charge is 0.317 e. The van der Waals surface area contributed by atoms with Crippen molar-refractivity contribution in [2.75, 3.05) is 33.9 Å². The first-order chi connectivity index (χ1) is 8.55. The quantitative estimate of drug-likeness (QED) is 0.738. The summed E-state index contributed by atoms with van der Waals surface area (Å²) >= 11 is 0. The molecule has 18 heavy (non-hydrogen) atoms. The monoisotopic (exact) mass is 253 g/mol. The first kappa shape index (κ1) is 13.1. The minimum atomic E-state index is -0.509. The molecule has 0 aliphatic carbocycles. The Hall–Kier alpha value is -1.33. The SMILES string of the molecule is COC(=O)C1(CN(C)Cc2ccc(C)o2)COC1. The van der Waals surface area contributed by atoms with E-state index in [1.54, 1.807) is 0 Å². The number of carbonyl (C=O) groups excluding carboxylic acids is 1. The summed E-state index contributed by atoms with van der Waals surface area (Å²) in [4.78, 5) is 13.8. The van der Waals surface area contributed by atoms with Crippen molar-refractivity contribution in [2.24, 2.45) is 5.41 Å². The molecule has 1 fully saturated rings. The highest BCUT2D eigenvalue weighted by molar-refractivity contribution is 5.78. The number of hydrogen-bond acceptors (Lipinski definition) is 5. The Bertz CT molecular complexity index is 422. The third-order valence-electron chi connectivity index (χ3n) is 3.17. The Balaban J connectivity index is 1.94. The van der Waals surface area contributed by atoms with Gasteiger partial charge in [-0.05, 0) is 26.1 Å². The lowest BCUT2D eigenvalue weighted by atomic mass is 9.85. The van der Waals surface area contributed by atoms with E-state index in [1.807, 2.05) is 26.1 Å². The summed E-state index contributed by atoms with van der Waals surface area (Å²) in [5, 5.41) is 0. The first-order valence-electron chi connectivity index (χ1n) is 5.96. The summed E-state index contributed by atoms with van der Waals surface area (Å²) < 4.78 is 15.5. The van der Waals surface area contributed by atoms with Gasteiger partial charge in [0.05, 0.1) is 26.9 Å². The normalized spacial score (nSPS) is 17.6. The van der Waals surface area contributed by atoms with Gasteiger partial charge >= 0.3 is 5.97 Å². The fraction of sp³-hybridized carbons (Fsp3) is 0.615. The Kier molecular flexibility index (Phi) is 3.73. The Morgan fingerprint density at radius 1 is 1.50 bits per heavy atom. The van der Waals surface area contributed by atoms with E-state index in [9.17, 15) is 4.79 Å². The van der Waals surface area contributed by atoms with E-state index in [0.717, 1.165) is 11.5 Å². The molecule has 1 aliphatic rings. The molecular weight excluding hydrogens is 234 g/mol. The van der Waals surface area contributed by atoms with Crippen LogP contribution in [0, 0.1) is 12.3 Å². The molecule has 0 aromatic carbocycles. The Morgan fingerprint density at radius 2 is 2.22 bits per heavy atom. The minimum Gasteiger partial charge on any atom is -0.468 e. The van der Waals surface area contributed by atoms with Crippen LogP contribution in [-0.4, -0.2) is 44.8 Å². The van der Waals surface area contributed by atoms with E-state index in [4.69, 9.17) is 13.9 Å². The van der Waals surface area contributed by atoms with Gasteiger partial charge in [-0.15, -0.1) is 0 Å². The van der Waals surface area contributed by atoms with Crippen LogP contribution in [0.25, 0.3) is 0 Å². The van der Waals surface area contributed by atoms with E-state index < -0.39 is 5.41 Å². The summed E-state index contributed by atoms with van der Waals surface area (Å²) in [6.07, 6.45) is 0. The lowest BCUT2D eigenvalue weighted by Crippen LogP contribution is -2.55. The van der Waals surface area contributed by atoms with Crippen LogP contribution in [0.3, 0.4) is 0 Å². The van der Waals surface area contributed by atoms with Crippen LogP contribution >= 0.6 is 0 Å². The van der Waals surface area contributed by atoms with Gasteiger partial charge in [0, 0.05) is 6.54 Å². The third kappa shape index (κ3) is 2.57. The van der Waals surface area contributed by atoms with Crippen LogP contribution in [0.1, 0.15) is 11.5 Å². The summed E-state index contributed by atoms with van der Waals surface area (Å²) in [5.41, 5.74) is -0.509. The molecule has 2 heterocycles. The van der Waals surface area contributed by atoms with Gasteiger partial charge in [-0.25, -0.2) is 0 Å². The molecule has 5 heteroatoms. The maximum Gasteiger partial charge on any atom is 0.317 e. The minimum absolute atomic E-state index is 0.198. The average Bonchev–Trinajstić information content (AvgIpc) is 2.68. The second-order valence-electron chi connectivity index (χ2n) is 4.95. The Morgan fingerprint density at radius 3 is 2.67 bits per heavy atom. The second kappa shape index (κ2) is 5.12.